The van der Waals surface area contributed by atoms with Gasteiger partial charge < -0.3 is 29.2 Å². The molecular formula is C49H42Cl2N2O6. The molecule has 0 atom stereocenters. The molecule has 0 fully saturated rings. The summed E-state index contributed by atoms with van der Waals surface area (Å²) >= 11 is 12.0. The highest BCUT2D eigenvalue weighted by Gasteiger charge is 2.16. The van der Waals surface area contributed by atoms with E-state index < -0.39 is 11.9 Å². The molecular weight excluding hydrogens is 783 g/mol. The number of carboxylic acids is 1. The van der Waals surface area contributed by atoms with E-state index in [-0.39, 0.29) is 18.8 Å². The van der Waals surface area contributed by atoms with Gasteiger partial charge in [-0.1, -0.05) is 108 Å². The van der Waals surface area contributed by atoms with Crippen molar-refractivity contribution in [1.82, 2.24) is 9.13 Å². The van der Waals surface area contributed by atoms with Gasteiger partial charge in [0.2, 0.25) is 0 Å². The summed E-state index contributed by atoms with van der Waals surface area (Å²) in [5, 5.41) is 32.1. The molecule has 298 valence electrons. The second-order valence-corrected chi connectivity index (χ2v) is 15.1. The van der Waals surface area contributed by atoms with E-state index in [4.69, 9.17) is 27.9 Å². The molecule has 0 bridgehead atoms. The normalized spacial score (nSPS) is 11.1. The number of aliphatic hydroxyl groups is 2. The Bertz CT molecular complexity index is 2760. The molecule has 0 unspecified atom stereocenters. The Morgan fingerprint density at radius 3 is 1.41 bits per heavy atom. The number of benzene rings is 6. The fourth-order valence-corrected chi connectivity index (χ4v) is 7.83. The van der Waals surface area contributed by atoms with Crippen LogP contribution in [0.4, 0.5) is 0 Å². The van der Waals surface area contributed by atoms with Crippen LogP contribution in [0.3, 0.4) is 0 Å². The number of esters is 1. The summed E-state index contributed by atoms with van der Waals surface area (Å²) in [6.07, 6.45) is 1.07. The van der Waals surface area contributed by atoms with Crippen molar-refractivity contribution in [2.75, 3.05) is 7.11 Å². The number of carbonyl (C=O) groups excluding carboxylic acids is 1. The van der Waals surface area contributed by atoms with Gasteiger partial charge in [-0.15, -0.1) is 0 Å². The van der Waals surface area contributed by atoms with Crippen LogP contribution in [0.25, 0.3) is 21.8 Å². The van der Waals surface area contributed by atoms with Gasteiger partial charge in [0.05, 0.1) is 31.5 Å². The Morgan fingerprint density at radius 2 is 0.983 bits per heavy atom. The predicted octanol–water partition coefficient (Wildman–Crippen LogP) is 10.3. The lowest BCUT2D eigenvalue weighted by molar-refractivity contribution is 0.0598. The average Bonchev–Trinajstić information content (AvgIpc) is 3.78. The van der Waals surface area contributed by atoms with Gasteiger partial charge in [0.15, 0.2) is 0 Å². The Kier molecular flexibility index (Phi) is 12.9. The van der Waals surface area contributed by atoms with Crippen molar-refractivity contribution >= 4 is 56.9 Å². The molecule has 3 N–H and O–H groups in total. The van der Waals surface area contributed by atoms with E-state index in [1.165, 1.54) is 18.7 Å². The highest BCUT2D eigenvalue weighted by molar-refractivity contribution is 6.31. The lowest BCUT2D eigenvalue weighted by Gasteiger charge is -2.11. The molecule has 0 saturated heterocycles. The van der Waals surface area contributed by atoms with Crippen LogP contribution in [-0.2, 0) is 43.9 Å². The van der Waals surface area contributed by atoms with Crippen molar-refractivity contribution in [1.29, 1.82) is 0 Å². The third kappa shape index (κ3) is 9.60. The lowest BCUT2D eigenvalue weighted by atomic mass is 9.99. The van der Waals surface area contributed by atoms with Crippen molar-refractivity contribution in [3.05, 3.63) is 212 Å². The monoisotopic (exact) mass is 824 g/mol. The Hall–Kier alpha value is -6.16. The molecule has 8 rings (SSSR count). The van der Waals surface area contributed by atoms with E-state index in [2.05, 4.69) is 57.7 Å². The van der Waals surface area contributed by atoms with E-state index in [1.807, 2.05) is 66.7 Å². The second kappa shape index (κ2) is 18.6. The topological polar surface area (TPSA) is 114 Å². The molecule has 0 aliphatic carbocycles. The minimum absolute atomic E-state index is 0.0273. The first-order valence-corrected chi connectivity index (χ1v) is 19.8. The van der Waals surface area contributed by atoms with Gasteiger partial charge in [-0.2, -0.15) is 0 Å². The summed E-state index contributed by atoms with van der Waals surface area (Å²) in [7, 11) is 1.37. The molecule has 0 saturated carbocycles. The molecule has 0 aliphatic rings. The van der Waals surface area contributed by atoms with E-state index in [0.29, 0.717) is 47.1 Å². The van der Waals surface area contributed by atoms with Crippen molar-refractivity contribution in [3.63, 3.8) is 0 Å². The molecule has 0 aliphatic heterocycles. The van der Waals surface area contributed by atoms with Crippen LogP contribution in [0.15, 0.2) is 146 Å². The quantitative estimate of drug-likeness (QED) is 0.106. The zero-order chi connectivity index (χ0) is 41.5. The molecule has 2 heterocycles. The first-order chi connectivity index (χ1) is 28.6. The number of carboxylic acid groups (broad SMARTS) is 1. The molecule has 8 nitrogen and oxygen atoms in total. The number of carbonyl (C=O) groups is 2. The van der Waals surface area contributed by atoms with Gasteiger partial charge in [0.25, 0.3) is 0 Å². The summed E-state index contributed by atoms with van der Waals surface area (Å²) in [6, 6.07) is 46.9. The van der Waals surface area contributed by atoms with Crippen LogP contribution < -0.4 is 0 Å². The number of ether oxygens (including phenoxy) is 1. The van der Waals surface area contributed by atoms with Crippen LogP contribution in [0.5, 0.6) is 0 Å². The zero-order valence-corrected chi connectivity index (χ0v) is 33.8. The maximum Gasteiger partial charge on any atom is 0.338 e. The van der Waals surface area contributed by atoms with E-state index in [9.17, 15) is 24.9 Å². The van der Waals surface area contributed by atoms with E-state index in [0.717, 1.165) is 55.4 Å². The average molecular weight is 826 g/mol. The van der Waals surface area contributed by atoms with Crippen molar-refractivity contribution in [2.45, 2.75) is 39.1 Å². The third-order valence-corrected chi connectivity index (χ3v) is 10.8. The molecule has 0 radical (unpaired) electrons. The van der Waals surface area contributed by atoms with E-state index >= 15 is 0 Å². The highest BCUT2D eigenvalue weighted by atomic mass is 35.5. The smallest absolute Gasteiger partial charge is 0.338 e. The van der Waals surface area contributed by atoms with E-state index in [1.54, 1.807) is 24.3 Å². The molecule has 0 spiro atoms. The number of halogens is 2. The van der Waals surface area contributed by atoms with Gasteiger partial charge in [-0.3, -0.25) is 0 Å². The summed E-state index contributed by atoms with van der Waals surface area (Å²) < 4.78 is 9.15. The van der Waals surface area contributed by atoms with Crippen LogP contribution in [0.1, 0.15) is 65.5 Å². The predicted molar refractivity (Wildman–Crippen MR) is 234 cm³/mol. The second-order valence-electron chi connectivity index (χ2n) is 14.3. The molecule has 8 aromatic rings. The number of methoxy groups -OCH3 is 1. The zero-order valence-electron chi connectivity index (χ0n) is 32.3. The largest absolute Gasteiger partial charge is 0.478 e. The number of aliphatic hydroxyl groups excluding tert-OH is 2. The van der Waals surface area contributed by atoms with Crippen LogP contribution in [-0.4, -0.2) is 43.5 Å². The Balaban J connectivity index is 0.000000179. The summed E-state index contributed by atoms with van der Waals surface area (Å²) in [4.78, 5) is 23.7. The maximum absolute atomic E-state index is 12.1. The molecule has 6 aromatic carbocycles. The number of nitrogens with zero attached hydrogens (tertiary/aromatic N) is 2. The Labute approximate surface area is 352 Å². The number of hydrogen-bond acceptors (Lipinski definition) is 5. The minimum atomic E-state index is -0.986. The first-order valence-electron chi connectivity index (χ1n) is 19.0. The molecule has 2 aromatic heterocycles. The number of fused-ring (bicyclic) bond motifs is 2. The van der Waals surface area contributed by atoms with Crippen molar-refractivity contribution < 1.29 is 29.6 Å². The van der Waals surface area contributed by atoms with Gasteiger partial charge in [-0.25, -0.2) is 9.59 Å². The molecule has 59 heavy (non-hydrogen) atoms. The van der Waals surface area contributed by atoms with Gasteiger partial charge >= 0.3 is 11.9 Å². The Morgan fingerprint density at radius 1 is 0.542 bits per heavy atom. The number of aromatic carboxylic acids is 1. The summed E-state index contributed by atoms with van der Waals surface area (Å²) in [6.45, 7) is 1.31. The van der Waals surface area contributed by atoms with Gasteiger partial charge in [-0.05, 0) is 107 Å². The highest BCUT2D eigenvalue weighted by Crippen LogP contribution is 2.28. The van der Waals surface area contributed by atoms with Crippen LogP contribution in [0.2, 0.25) is 10.0 Å². The maximum atomic E-state index is 12.1. The van der Waals surface area contributed by atoms with Crippen LogP contribution >= 0.6 is 23.2 Å². The van der Waals surface area contributed by atoms with Crippen molar-refractivity contribution in [2.24, 2.45) is 0 Å². The third-order valence-electron chi connectivity index (χ3n) is 10.4. The summed E-state index contributed by atoms with van der Waals surface area (Å²) in [5.74, 6) is -1.38. The fraction of sp³-hybridized carbons (Fsp3) is 0.143. The van der Waals surface area contributed by atoms with Gasteiger partial charge in [0, 0.05) is 56.3 Å². The number of rotatable bonds is 12. The van der Waals surface area contributed by atoms with Crippen molar-refractivity contribution in [3.8, 4) is 0 Å². The van der Waals surface area contributed by atoms with Crippen LogP contribution in [0, 0.1) is 0 Å². The SMILES string of the molecule is COC(=O)c1cc(Cl)ccc1Cc1ccc2c(c1)cc(CO)n2Cc1ccccc1.O=C(O)c1cc(Cl)ccc1Cc1ccc2c(c1)cc(CO)n2Cc1ccccc1. The number of hydrogen-bond donors (Lipinski definition) is 3. The standard InChI is InChI=1S/C25H22ClNO3.C24H20ClNO3/c1-30-25(29)23-14-21(26)9-8-19(23)11-18-7-10-24-20(12-18)13-22(16-28)27(24)15-17-5-3-2-4-6-17;25-20-8-7-18(22(13-20)24(28)29)10-17-6-9-23-19(11-17)12-21(15-27)26(23)14-16-4-2-1-3-5-16/h2-10,12-14,28H,11,15-16H2,1H3;1-9,11-13,27H,10,14-15H2,(H,28,29). The first kappa shape index (κ1) is 41.0. The molecule has 10 heteroatoms. The van der Waals surface area contributed by atoms with Gasteiger partial charge in [0.1, 0.15) is 0 Å². The number of aromatic nitrogens is 2. The summed E-state index contributed by atoms with van der Waals surface area (Å²) in [5.41, 5.74) is 10.5. The fourth-order valence-electron chi connectivity index (χ4n) is 7.49. The molecule has 0 amide bonds. The lowest BCUT2D eigenvalue weighted by Crippen LogP contribution is -2.06. The minimum Gasteiger partial charge on any atom is -0.478 e.